The van der Waals surface area contributed by atoms with Gasteiger partial charge in [-0.3, -0.25) is 9.69 Å². The minimum atomic E-state index is -0.689. The molecule has 0 bridgehead atoms. The SMILES string of the molecule is CCc1nc(CN2CCCC(C(C)(C)C(=O)O)C2)cs1. The Hall–Kier alpha value is -0.940. The molecule has 0 radical (unpaired) electrons. The van der Waals surface area contributed by atoms with Crippen LogP contribution in [0.2, 0.25) is 0 Å². The molecule has 0 aromatic carbocycles. The molecular formula is C15H24N2O2S. The van der Waals surface area contributed by atoms with Crippen LogP contribution in [0.3, 0.4) is 0 Å². The van der Waals surface area contributed by atoms with Gasteiger partial charge < -0.3 is 5.11 Å². The molecule has 1 fully saturated rings. The summed E-state index contributed by atoms with van der Waals surface area (Å²) < 4.78 is 0. The topological polar surface area (TPSA) is 53.4 Å². The van der Waals surface area contributed by atoms with Gasteiger partial charge in [0.1, 0.15) is 0 Å². The van der Waals surface area contributed by atoms with Crippen LogP contribution >= 0.6 is 11.3 Å². The number of hydrogen-bond acceptors (Lipinski definition) is 4. The fourth-order valence-electron chi connectivity index (χ4n) is 2.78. The number of aromatic nitrogens is 1. The van der Waals surface area contributed by atoms with Crippen LogP contribution in [0.1, 0.15) is 44.3 Å². The predicted molar refractivity (Wildman–Crippen MR) is 80.9 cm³/mol. The van der Waals surface area contributed by atoms with E-state index in [2.05, 4.69) is 22.2 Å². The largest absolute Gasteiger partial charge is 0.481 e. The zero-order valence-corrected chi connectivity index (χ0v) is 13.4. The van der Waals surface area contributed by atoms with Crippen LogP contribution in [0.25, 0.3) is 0 Å². The highest BCUT2D eigenvalue weighted by Crippen LogP contribution is 2.34. The number of carboxylic acid groups (broad SMARTS) is 1. The predicted octanol–water partition coefficient (Wildman–Crippen LogP) is 3.03. The molecule has 1 aliphatic heterocycles. The Morgan fingerprint density at radius 3 is 2.95 bits per heavy atom. The summed E-state index contributed by atoms with van der Waals surface area (Å²) in [4.78, 5) is 18.4. The number of carbonyl (C=O) groups is 1. The third kappa shape index (κ3) is 3.38. The molecule has 4 nitrogen and oxygen atoms in total. The second-order valence-electron chi connectivity index (χ2n) is 6.19. The van der Waals surface area contributed by atoms with E-state index >= 15 is 0 Å². The smallest absolute Gasteiger partial charge is 0.309 e. The van der Waals surface area contributed by atoms with Crippen molar-refractivity contribution >= 4 is 17.3 Å². The minimum absolute atomic E-state index is 0.220. The molecular weight excluding hydrogens is 272 g/mol. The first-order chi connectivity index (χ1) is 9.43. The molecule has 1 saturated heterocycles. The van der Waals surface area contributed by atoms with Crippen molar-refractivity contribution in [2.75, 3.05) is 13.1 Å². The molecule has 2 heterocycles. The van der Waals surface area contributed by atoms with Gasteiger partial charge in [-0.2, -0.15) is 0 Å². The molecule has 0 saturated carbocycles. The van der Waals surface area contributed by atoms with Crippen molar-refractivity contribution < 1.29 is 9.90 Å². The first kappa shape index (κ1) is 15.4. The van der Waals surface area contributed by atoms with E-state index in [0.29, 0.717) is 0 Å². The van der Waals surface area contributed by atoms with Crippen molar-refractivity contribution in [1.29, 1.82) is 0 Å². The van der Waals surface area contributed by atoms with Gasteiger partial charge in [0.25, 0.3) is 0 Å². The lowest BCUT2D eigenvalue weighted by Crippen LogP contribution is -2.44. The Kier molecular flexibility index (Phi) is 4.81. The normalized spacial score (nSPS) is 21.1. The molecule has 2 rings (SSSR count). The first-order valence-electron chi connectivity index (χ1n) is 7.32. The fraction of sp³-hybridized carbons (Fsp3) is 0.733. The van der Waals surface area contributed by atoms with Gasteiger partial charge in [-0.1, -0.05) is 6.92 Å². The van der Waals surface area contributed by atoms with E-state index in [-0.39, 0.29) is 5.92 Å². The molecule has 1 aromatic rings. The molecule has 0 spiro atoms. The van der Waals surface area contributed by atoms with Crippen LogP contribution in [-0.4, -0.2) is 34.0 Å². The number of likely N-dealkylation sites (tertiary alicyclic amines) is 1. The summed E-state index contributed by atoms with van der Waals surface area (Å²) in [6, 6.07) is 0. The zero-order chi connectivity index (χ0) is 14.8. The average molecular weight is 296 g/mol. The van der Waals surface area contributed by atoms with Crippen molar-refractivity contribution in [1.82, 2.24) is 9.88 Å². The lowest BCUT2D eigenvalue weighted by Gasteiger charge is -2.39. The lowest BCUT2D eigenvalue weighted by molar-refractivity contribution is -0.151. The lowest BCUT2D eigenvalue weighted by atomic mass is 9.74. The number of aliphatic carboxylic acids is 1. The molecule has 5 heteroatoms. The van der Waals surface area contributed by atoms with Gasteiger partial charge >= 0.3 is 5.97 Å². The summed E-state index contributed by atoms with van der Waals surface area (Å²) in [6.07, 6.45) is 3.07. The Morgan fingerprint density at radius 2 is 2.35 bits per heavy atom. The monoisotopic (exact) mass is 296 g/mol. The van der Waals surface area contributed by atoms with Crippen molar-refractivity contribution in [2.24, 2.45) is 11.3 Å². The van der Waals surface area contributed by atoms with E-state index in [4.69, 9.17) is 0 Å². The number of carboxylic acids is 1. The maximum absolute atomic E-state index is 11.4. The number of rotatable bonds is 5. The molecule has 1 aliphatic rings. The number of thiazole rings is 1. The van der Waals surface area contributed by atoms with Gasteiger partial charge in [-0.05, 0) is 45.6 Å². The van der Waals surface area contributed by atoms with E-state index in [1.165, 1.54) is 5.01 Å². The zero-order valence-electron chi connectivity index (χ0n) is 12.6. The summed E-state index contributed by atoms with van der Waals surface area (Å²) in [6.45, 7) is 8.57. The van der Waals surface area contributed by atoms with Gasteiger partial charge in [0.2, 0.25) is 0 Å². The summed E-state index contributed by atoms with van der Waals surface area (Å²) >= 11 is 1.72. The summed E-state index contributed by atoms with van der Waals surface area (Å²) in [5.41, 5.74) is 0.482. The van der Waals surface area contributed by atoms with E-state index in [0.717, 1.165) is 44.6 Å². The number of piperidine rings is 1. The van der Waals surface area contributed by atoms with E-state index < -0.39 is 11.4 Å². The fourth-order valence-corrected chi connectivity index (χ4v) is 3.51. The van der Waals surface area contributed by atoms with Crippen LogP contribution in [0.4, 0.5) is 0 Å². The van der Waals surface area contributed by atoms with Crippen LogP contribution in [0.15, 0.2) is 5.38 Å². The Bertz CT molecular complexity index is 470. The van der Waals surface area contributed by atoms with Gasteiger partial charge in [0.15, 0.2) is 0 Å². The van der Waals surface area contributed by atoms with Crippen LogP contribution in [-0.2, 0) is 17.8 Å². The van der Waals surface area contributed by atoms with Crippen molar-refractivity contribution in [2.45, 2.75) is 46.6 Å². The summed E-state index contributed by atoms with van der Waals surface area (Å²) in [5, 5.41) is 12.7. The molecule has 1 atom stereocenters. The molecule has 0 amide bonds. The standard InChI is InChI=1S/C15H24N2O2S/c1-4-13-16-12(10-20-13)9-17-7-5-6-11(8-17)15(2,3)14(18)19/h10-11H,4-9H2,1-3H3,(H,18,19). The molecule has 0 aliphatic carbocycles. The maximum Gasteiger partial charge on any atom is 0.309 e. The van der Waals surface area contributed by atoms with Crippen molar-refractivity contribution in [3.8, 4) is 0 Å². The number of aryl methyl sites for hydroxylation is 1. The van der Waals surface area contributed by atoms with Crippen LogP contribution < -0.4 is 0 Å². The molecule has 112 valence electrons. The second kappa shape index (κ2) is 6.22. The molecule has 1 N–H and O–H groups in total. The van der Waals surface area contributed by atoms with Crippen molar-refractivity contribution in [3.63, 3.8) is 0 Å². The van der Waals surface area contributed by atoms with Crippen molar-refractivity contribution in [3.05, 3.63) is 16.1 Å². The third-order valence-electron chi connectivity index (χ3n) is 4.36. The summed E-state index contributed by atoms with van der Waals surface area (Å²) in [5.74, 6) is -0.468. The van der Waals surface area contributed by atoms with Gasteiger partial charge in [-0.15, -0.1) is 11.3 Å². The maximum atomic E-state index is 11.4. The third-order valence-corrected chi connectivity index (χ3v) is 5.41. The van der Waals surface area contributed by atoms with Crippen LogP contribution in [0.5, 0.6) is 0 Å². The summed E-state index contributed by atoms with van der Waals surface area (Å²) in [7, 11) is 0. The second-order valence-corrected chi connectivity index (χ2v) is 7.13. The van der Waals surface area contributed by atoms with Gasteiger partial charge in [0, 0.05) is 18.5 Å². The highest BCUT2D eigenvalue weighted by molar-refractivity contribution is 7.09. The van der Waals surface area contributed by atoms with Gasteiger partial charge in [-0.25, -0.2) is 4.98 Å². The number of nitrogens with zero attached hydrogens (tertiary/aromatic N) is 2. The molecule has 1 unspecified atom stereocenters. The van der Waals surface area contributed by atoms with E-state index in [1.807, 2.05) is 13.8 Å². The molecule has 1 aromatic heterocycles. The Morgan fingerprint density at radius 1 is 1.60 bits per heavy atom. The Labute approximate surface area is 124 Å². The van der Waals surface area contributed by atoms with Gasteiger partial charge in [0.05, 0.1) is 16.1 Å². The quantitative estimate of drug-likeness (QED) is 0.907. The average Bonchev–Trinajstić information content (AvgIpc) is 2.86. The highest BCUT2D eigenvalue weighted by Gasteiger charge is 2.39. The first-order valence-corrected chi connectivity index (χ1v) is 8.20. The minimum Gasteiger partial charge on any atom is -0.481 e. The highest BCUT2D eigenvalue weighted by atomic mass is 32.1. The van der Waals surface area contributed by atoms with Crippen LogP contribution in [0, 0.1) is 11.3 Å². The van der Waals surface area contributed by atoms with E-state index in [1.54, 1.807) is 11.3 Å². The Balaban J connectivity index is 1.98. The number of hydrogen-bond donors (Lipinski definition) is 1. The molecule has 20 heavy (non-hydrogen) atoms. The van der Waals surface area contributed by atoms with E-state index in [9.17, 15) is 9.90 Å².